The van der Waals surface area contributed by atoms with Gasteiger partial charge in [0.15, 0.2) is 0 Å². The Hall–Kier alpha value is -3.50. The standard InChI is InChI=1S/C21H18N2O4S/c1-14-9-17(15-3-4-16(13-22)21(24)12-15)11-18(10-14)23-28(25,26)20-7-5-19(27-2)6-8-20/h3-12,23-24H,1-2H3. The summed E-state index contributed by atoms with van der Waals surface area (Å²) in [7, 11) is -2.26. The number of aryl methyl sites for hydroxylation is 1. The first-order chi connectivity index (χ1) is 13.3. The number of hydrogen-bond donors (Lipinski definition) is 2. The quantitative estimate of drug-likeness (QED) is 0.680. The predicted octanol–water partition coefficient (Wildman–Crippen LogP) is 4.05. The maximum atomic E-state index is 12.7. The molecule has 6 nitrogen and oxygen atoms in total. The molecular weight excluding hydrogens is 376 g/mol. The lowest BCUT2D eigenvalue weighted by atomic mass is 10.0. The molecule has 0 bridgehead atoms. The molecule has 0 amide bonds. The third-order valence-electron chi connectivity index (χ3n) is 4.15. The largest absolute Gasteiger partial charge is 0.507 e. The minimum atomic E-state index is -3.77. The second-order valence-electron chi connectivity index (χ2n) is 6.21. The van der Waals surface area contributed by atoms with Gasteiger partial charge >= 0.3 is 0 Å². The minimum absolute atomic E-state index is 0.118. The number of rotatable bonds is 5. The lowest BCUT2D eigenvalue weighted by Gasteiger charge is -2.12. The Bertz CT molecular complexity index is 1160. The summed E-state index contributed by atoms with van der Waals surface area (Å²) in [4.78, 5) is 0.118. The van der Waals surface area contributed by atoms with Crippen molar-refractivity contribution in [3.63, 3.8) is 0 Å². The second kappa shape index (κ2) is 7.62. The zero-order valence-corrected chi connectivity index (χ0v) is 16.1. The van der Waals surface area contributed by atoms with Gasteiger partial charge in [0.1, 0.15) is 17.6 Å². The Labute approximate surface area is 163 Å². The third kappa shape index (κ3) is 4.08. The first-order valence-corrected chi connectivity index (χ1v) is 9.83. The molecule has 142 valence electrons. The summed E-state index contributed by atoms with van der Waals surface area (Å²) in [5, 5.41) is 18.9. The van der Waals surface area contributed by atoms with Crippen LogP contribution in [0.25, 0.3) is 11.1 Å². The number of phenolic OH excluding ortho intramolecular Hbond substituents is 1. The molecule has 0 unspecified atom stereocenters. The molecule has 3 aromatic carbocycles. The highest BCUT2D eigenvalue weighted by Gasteiger charge is 2.15. The van der Waals surface area contributed by atoms with E-state index >= 15 is 0 Å². The number of nitriles is 1. The molecule has 0 fully saturated rings. The van der Waals surface area contributed by atoms with Gasteiger partial charge in [0.2, 0.25) is 0 Å². The summed E-state index contributed by atoms with van der Waals surface area (Å²) in [6.07, 6.45) is 0. The highest BCUT2D eigenvalue weighted by molar-refractivity contribution is 7.92. The molecule has 7 heteroatoms. The van der Waals surface area contributed by atoms with E-state index in [1.807, 2.05) is 19.1 Å². The number of hydrogen-bond acceptors (Lipinski definition) is 5. The average molecular weight is 394 g/mol. The molecule has 0 saturated carbocycles. The van der Waals surface area contributed by atoms with Crippen LogP contribution in [0, 0.1) is 18.3 Å². The predicted molar refractivity (Wildman–Crippen MR) is 107 cm³/mol. The number of ether oxygens (including phenoxy) is 1. The Morgan fingerprint density at radius 1 is 1.00 bits per heavy atom. The molecule has 3 aromatic rings. The maximum Gasteiger partial charge on any atom is 0.261 e. The van der Waals surface area contributed by atoms with Gasteiger partial charge in [-0.15, -0.1) is 0 Å². The van der Waals surface area contributed by atoms with Crippen molar-refractivity contribution in [1.82, 2.24) is 0 Å². The van der Waals surface area contributed by atoms with Crippen molar-refractivity contribution in [3.8, 4) is 28.7 Å². The molecule has 0 atom stereocenters. The Morgan fingerprint density at radius 2 is 1.71 bits per heavy atom. The molecule has 0 heterocycles. The highest BCUT2D eigenvalue weighted by Crippen LogP contribution is 2.30. The van der Waals surface area contributed by atoms with Crippen molar-refractivity contribution in [1.29, 1.82) is 5.26 Å². The molecule has 0 aliphatic carbocycles. The van der Waals surface area contributed by atoms with Crippen LogP contribution in [-0.2, 0) is 10.0 Å². The van der Waals surface area contributed by atoms with Gasteiger partial charge in [-0.1, -0.05) is 12.1 Å². The number of benzene rings is 3. The van der Waals surface area contributed by atoms with Crippen LogP contribution in [0.3, 0.4) is 0 Å². The monoisotopic (exact) mass is 394 g/mol. The fourth-order valence-corrected chi connectivity index (χ4v) is 3.82. The van der Waals surface area contributed by atoms with Crippen LogP contribution in [0.5, 0.6) is 11.5 Å². The van der Waals surface area contributed by atoms with Crippen molar-refractivity contribution >= 4 is 15.7 Å². The van der Waals surface area contributed by atoms with Gasteiger partial charge in [-0.3, -0.25) is 4.72 Å². The van der Waals surface area contributed by atoms with Gasteiger partial charge in [0.05, 0.1) is 17.6 Å². The summed E-state index contributed by atoms with van der Waals surface area (Å²) < 4.78 is 33.0. The van der Waals surface area contributed by atoms with E-state index in [0.29, 0.717) is 22.6 Å². The number of anilines is 1. The van der Waals surface area contributed by atoms with Crippen LogP contribution in [0.4, 0.5) is 5.69 Å². The topological polar surface area (TPSA) is 99.4 Å². The number of sulfonamides is 1. The first-order valence-electron chi connectivity index (χ1n) is 8.34. The molecule has 3 rings (SSSR count). The lowest BCUT2D eigenvalue weighted by molar-refractivity contribution is 0.414. The normalized spacial score (nSPS) is 10.9. The van der Waals surface area contributed by atoms with Crippen molar-refractivity contribution in [3.05, 3.63) is 71.8 Å². The Kier molecular flexibility index (Phi) is 5.25. The zero-order valence-electron chi connectivity index (χ0n) is 15.3. The van der Waals surface area contributed by atoms with E-state index in [4.69, 9.17) is 10.00 Å². The highest BCUT2D eigenvalue weighted by atomic mass is 32.2. The minimum Gasteiger partial charge on any atom is -0.507 e. The summed E-state index contributed by atoms with van der Waals surface area (Å²) in [5.41, 5.74) is 2.80. The second-order valence-corrected chi connectivity index (χ2v) is 7.89. The molecular formula is C21H18N2O4S. The van der Waals surface area contributed by atoms with Crippen molar-refractivity contribution in [2.45, 2.75) is 11.8 Å². The van der Waals surface area contributed by atoms with Gasteiger partial charge in [0.25, 0.3) is 10.0 Å². The van der Waals surface area contributed by atoms with Crippen LogP contribution in [-0.4, -0.2) is 20.6 Å². The van der Waals surface area contributed by atoms with Crippen LogP contribution in [0.1, 0.15) is 11.1 Å². The first kappa shape index (κ1) is 19.3. The van der Waals surface area contributed by atoms with Gasteiger partial charge in [-0.25, -0.2) is 8.42 Å². The van der Waals surface area contributed by atoms with Gasteiger partial charge in [-0.2, -0.15) is 5.26 Å². The van der Waals surface area contributed by atoms with Gasteiger partial charge < -0.3 is 9.84 Å². The molecule has 0 aliphatic rings. The summed E-state index contributed by atoms with van der Waals surface area (Å²) >= 11 is 0. The van der Waals surface area contributed by atoms with Crippen LogP contribution >= 0.6 is 0 Å². The maximum absolute atomic E-state index is 12.7. The number of methoxy groups -OCH3 is 1. The van der Waals surface area contributed by atoms with E-state index in [2.05, 4.69) is 4.72 Å². The molecule has 28 heavy (non-hydrogen) atoms. The summed E-state index contributed by atoms with van der Waals surface area (Å²) in [6.45, 7) is 1.85. The molecule has 0 saturated heterocycles. The van der Waals surface area contributed by atoms with Crippen LogP contribution in [0.15, 0.2) is 65.6 Å². The molecule has 2 N–H and O–H groups in total. The number of aromatic hydroxyl groups is 1. The van der Waals surface area contributed by atoms with Crippen molar-refractivity contribution in [2.75, 3.05) is 11.8 Å². The Balaban J connectivity index is 1.95. The van der Waals surface area contributed by atoms with E-state index in [0.717, 1.165) is 5.56 Å². The summed E-state index contributed by atoms with van der Waals surface area (Å²) in [6, 6.07) is 18.0. The summed E-state index contributed by atoms with van der Waals surface area (Å²) in [5.74, 6) is 0.444. The van der Waals surface area contributed by atoms with Crippen molar-refractivity contribution < 1.29 is 18.3 Å². The van der Waals surface area contributed by atoms with E-state index in [1.165, 1.54) is 31.4 Å². The van der Waals surface area contributed by atoms with Crippen LogP contribution < -0.4 is 9.46 Å². The van der Waals surface area contributed by atoms with Gasteiger partial charge in [-0.05, 0) is 72.1 Å². The number of nitrogens with one attached hydrogen (secondary N) is 1. The number of phenols is 1. The SMILES string of the molecule is COc1ccc(S(=O)(=O)Nc2cc(C)cc(-c3ccc(C#N)c(O)c3)c2)cc1. The average Bonchev–Trinajstić information content (AvgIpc) is 2.67. The fourth-order valence-electron chi connectivity index (χ4n) is 2.78. The zero-order chi connectivity index (χ0) is 20.3. The van der Waals surface area contributed by atoms with Crippen molar-refractivity contribution in [2.24, 2.45) is 0 Å². The molecule has 0 aliphatic heterocycles. The lowest BCUT2D eigenvalue weighted by Crippen LogP contribution is -2.13. The Morgan fingerprint density at radius 3 is 2.32 bits per heavy atom. The number of nitrogens with zero attached hydrogens (tertiary/aromatic N) is 1. The fraction of sp³-hybridized carbons (Fsp3) is 0.0952. The van der Waals surface area contributed by atoms with Crippen LogP contribution in [0.2, 0.25) is 0 Å². The molecule has 0 radical (unpaired) electrons. The van der Waals surface area contributed by atoms with E-state index < -0.39 is 10.0 Å². The molecule has 0 spiro atoms. The van der Waals surface area contributed by atoms with Gasteiger partial charge in [0, 0.05) is 5.69 Å². The smallest absolute Gasteiger partial charge is 0.261 e. The third-order valence-corrected chi connectivity index (χ3v) is 5.55. The van der Waals surface area contributed by atoms with E-state index in [-0.39, 0.29) is 16.2 Å². The van der Waals surface area contributed by atoms with E-state index in [1.54, 1.807) is 30.3 Å². The van der Waals surface area contributed by atoms with E-state index in [9.17, 15) is 13.5 Å². The molecule has 0 aromatic heterocycles.